The van der Waals surface area contributed by atoms with Gasteiger partial charge in [0, 0.05) is 31.2 Å². The summed E-state index contributed by atoms with van der Waals surface area (Å²) in [7, 11) is 0. The van der Waals surface area contributed by atoms with E-state index in [1.807, 2.05) is 0 Å². The van der Waals surface area contributed by atoms with Gasteiger partial charge in [-0.15, -0.1) is 0 Å². The van der Waals surface area contributed by atoms with Crippen LogP contribution >= 0.6 is 0 Å². The summed E-state index contributed by atoms with van der Waals surface area (Å²) in [6, 6.07) is 12.0. The lowest BCUT2D eigenvalue weighted by molar-refractivity contribution is -0.940. The van der Waals surface area contributed by atoms with Crippen LogP contribution in [0.5, 0.6) is 0 Å². The van der Waals surface area contributed by atoms with Gasteiger partial charge in [-0.3, -0.25) is 0 Å². The Balaban J connectivity index is 1.82. The van der Waals surface area contributed by atoms with E-state index in [1.54, 1.807) is 0 Å². The first-order valence-electron chi connectivity index (χ1n) is 6.29. The molecule has 1 aromatic rings. The Morgan fingerprint density at radius 1 is 1.00 bits per heavy atom. The predicted molar refractivity (Wildman–Crippen MR) is 62.4 cm³/mol. The van der Waals surface area contributed by atoms with Gasteiger partial charge in [0.25, 0.3) is 0 Å². The van der Waals surface area contributed by atoms with Gasteiger partial charge in [-0.2, -0.15) is 0 Å². The van der Waals surface area contributed by atoms with E-state index < -0.39 is 0 Å². The normalized spacial score (nSPS) is 34.3. The molecule has 0 saturated carbocycles. The summed E-state index contributed by atoms with van der Waals surface area (Å²) >= 11 is 0. The summed E-state index contributed by atoms with van der Waals surface area (Å²) in [5.41, 5.74) is 1.53. The third-order valence-corrected chi connectivity index (χ3v) is 4.40. The van der Waals surface area contributed by atoms with E-state index in [1.165, 1.54) is 55.4 Å². The maximum Gasteiger partial charge on any atom is 0.105 e. The molecule has 15 heavy (non-hydrogen) atoms. The topological polar surface area (TPSA) is 0 Å². The molecule has 0 bridgehead atoms. The molecule has 0 radical (unpaired) electrons. The summed E-state index contributed by atoms with van der Waals surface area (Å²) in [5, 5.41) is 0. The van der Waals surface area contributed by atoms with Gasteiger partial charge in [-0.1, -0.05) is 30.3 Å². The van der Waals surface area contributed by atoms with Crippen LogP contribution in [0.3, 0.4) is 0 Å². The van der Waals surface area contributed by atoms with E-state index in [9.17, 15) is 0 Å². The van der Waals surface area contributed by atoms with Crippen molar-refractivity contribution >= 4 is 0 Å². The highest BCUT2D eigenvalue weighted by molar-refractivity contribution is 5.13. The summed E-state index contributed by atoms with van der Waals surface area (Å²) in [6.07, 6.45) is 5.87. The van der Waals surface area contributed by atoms with Crippen LogP contribution in [-0.4, -0.2) is 23.6 Å². The van der Waals surface area contributed by atoms with Gasteiger partial charge in [0.15, 0.2) is 0 Å². The van der Waals surface area contributed by atoms with E-state index in [-0.39, 0.29) is 0 Å². The molecule has 0 aromatic heterocycles. The zero-order valence-electron chi connectivity index (χ0n) is 9.36. The molecule has 2 saturated heterocycles. The largest absolute Gasteiger partial charge is 0.317 e. The van der Waals surface area contributed by atoms with Crippen molar-refractivity contribution in [2.24, 2.45) is 0 Å². The molecule has 80 valence electrons. The van der Waals surface area contributed by atoms with Crippen molar-refractivity contribution in [1.29, 1.82) is 0 Å². The van der Waals surface area contributed by atoms with Gasteiger partial charge in [0.1, 0.15) is 6.54 Å². The van der Waals surface area contributed by atoms with Gasteiger partial charge in [0.05, 0.1) is 19.1 Å². The second-order valence-corrected chi connectivity index (χ2v) is 5.25. The Kier molecular flexibility index (Phi) is 2.28. The number of hydrogen-bond acceptors (Lipinski definition) is 0. The van der Waals surface area contributed by atoms with E-state index in [2.05, 4.69) is 30.3 Å². The first-order valence-corrected chi connectivity index (χ1v) is 6.29. The molecule has 1 heteroatoms. The minimum Gasteiger partial charge on any atom is -0.317 e. The van der Waals surface area contributed by atoms with Crippen molar-refractivity contribution in [1.82, 2.24) is 0 Å². The first kappa shape index (κ1) is 9.41. The third-order valence-electron chi connectivity index (χ3n) is 4.40. The summed E-state index contributed by atoms with van der Waals surface area (Å²) < 4.78 is 1.41. The quantitative estimate of drug-likeness (QED) is 0.647. The molecule has 0 atom stereocenters. The Labute approximate surface area is 92.3 Å². The minimum atomic E-state index is 0.991. The Bertz CT molecular complexity index is 320. The van der Waals surface area contributed by atoms with Crippen molar-refractivity contribution < 1.29 is 4.48 Å². The van der Waals surface area contributed by atoms with Crippen LogP contribution in [0.2, 0.25) is 0 Å². The van der Waals surface area contributed by atoms with Crippen molar-refractivity contribution in [2.75, 3.05) is 13.1 Å². The number of fused-ring (bicyclic) bond motifs is 1. The first-order chi connectivity index (χ1) is 7.39. The average molecular weight is 202 g/mol. The molecular formula is C14H20N+. The van der Waals surface area contributed by atoms with Gasteiger partial charge in [-0.25, -0.2) is 0 Å². The van der Waals surface area contributed by atoms with Gasteiger partial charge < -0.3 is 4.48 Å². The second kappa shape index (κ2) is 3.64. The molecular weight excluding hydrogens is 182 g/mol. The van der Waals surface area contributed by atoms with Crippen LogP contribution in [-0.2, 0) is 6.54 Å². The number of quaternary nitrogens is 1. The molecule has 0 unspecified atom stereocenters. The number of hydrogen-bond donors (Lipinski definition) is 0. The lowest BCUT2D eigenvalue weighted by Gasteiger charge is -2.35. The van der Waals surface area contributed by atoms with Crippen molar-refractivity contribution in [2.45, 2.75) is 38.3 Å². The van der Waals surface area contributed by atoms with E-state index in [0.717, 1.165) is 6.04 Å². The highest BCUT2D eigenvalue weighted by atomic mass is 15.4. The Morgan fingerprint density at radius 3 is 2.33 bits per heavy atom. The average Bonchev–Trinajstić information content (AvgIpc) is 2.78. The molecule has 3 rings (SSSR count). The molecule has 2 fully saturated rings. The smallest absolute Gasteiger partial charge is 0.105 e. The van der Waals surface area contributed by atoms with Crippen molar-refractivity contribution in [3.63, 3.8) is 0 Å². The third kappa shape index (κ3) is 1.59. The predicted octanol–water partition coefficient (Wildman–Crippen LogP) is 2.96. The Hall–Kier alpha value is -0.820. The van der Waals surface area contributed by atoms with Crippen LogP contribution in [0.1, 0.15) is 31.2 Å². The van der Waals surface area contributed by atoms with E-state index in [0.29, 0.717) is 0 Å². The van der Waals surface area contributed by atoms with Crippen LogP contribution in [0.4, 0.5) is 0 Å². The molecule has 2 aliphatic rings. The highest BCUT2D eigenvalue weighted by Crippen LogP contribution is 2.37. The number of nitrogens with zero attached hydrogens (tertiary/aromatic N) is 1. The fraction of sp³-hybridized carbons (Fsp3) is 0.571. The zero-order chi connectivity index (χ0) is 10.1. The van der Waals surface area contributed by atoms with Crippen molar-refractivity contribution in [3.05, 3.63) is 35.9 Å². The minimum absolute atomic E-state index is 0.991. The molecule has 0 amide bonds. The maximum absolute atomic E-state index is 2.29. The van der Waals surface area contributed by atoms with Gasteiger partial charge >= 0.3 is 0 Å². The SMILES string of the molecule is c1ccc(C[N+]23CCCC2CCC3)cc1. The van der Waals surface area contributed by atoms with Crippen LogP contribution in [0.15, 0.2) is 30.3 Å². The zero-order valence-corrected chi connectivity index (χ0v) is 9.36. The Morgan fingerprint density at radius 2 is 1.67 bits per heavy atom. The lowest BCUT2D eigenvalue weighted by atomic mass is 10.1. The monoisotopic (exact) mass is 202 g/mol. The summed E-state index contributed by atoms with van der Waals surface area (Å²) in [4.78, 5) is 0. The van der Waals surface area contributed by atoms with Crippen LogP contribution in [0.25, 0.3) is 0 Å². The van der Waals surface area contributed by atoms with Crippen molar-refractivity contribution in [3.8, 4) is 0 Å². The molecule has 0 aliphatic carbocycles. The van der Waals surface area contributed by atoms with Gasteiger partial charge in [0.2, 0.25) is 0 Å². The molecule has 1 aromatic carbocycles. The summed E-state index contributed by atoms with van der Waals surface area (Å²) in [5.74, 6) is 0. The molecule has 0 spiro atoms. The standard InChI is InChI=1S/C14H20N/c1-2-6-13(7-3-1)12-15-10-4-8-14(15)9-5-11-15/h1-3,6-7,14H,4-5,8-12H2/q+1. The molecule has 0 N–H and O–H groups in total. The fourth-order valence-electron chi connectivity index (χ4n) is 3.69. The molecule has 1 nitrogen and oxygen atoms in total. The highest BCUT2D eigenvalue weighted by Gasteiger charge is 2.45. The van der Waals surface area contributed by atoms with E-state index in [4.69, 9.17) is 0 Å². The van der Waals surface area contributed by atoms with E-state index >= 15 is 0 Å². The van der Waals surface area contributed by atoms with Crippen LogP contribution in [0, 0.1) is 0 Å². The number of benzene rings is 1. The lowest BCUT2D eigenvalue weighted by Crippen LogP contribution is -2.46. The summed E-state index contributed by atoms with van der Waals surface area (Å²) in [6.45, 7) is 4.14. The second-order valence-electron chi connectivity index (χ2n) is 5.25. The molecule has 2 heterocycles. The maximum atomic E-state index is 2.29. The van der Waals surface area contributed by atoms with Gasteiger partial charge in [-0.05, 0) is 0 Å². The fourth-order valence-corrected chi connectivity index (χ4v) is 3.69. The van der Waals surface area contributed by atoms with Crippen LogP contribution < -0.4 is 0 Å². The number of rotatable bonds is 2. The molecule has 2 aliphatic heterocycles.